The fraction of sp³-hybridized carbons (Fsp3) is 0.500. The molecule has 0 bridgehead atoms. The standard InChI is InChI=1S/C14H20N2O/c1-2-13(12-8-4-3-5-9-12)14(17)15-16-10-6-7-11-16/h3-5,8-9,13H,2,6-7,10-11H2,1H3,(H,15,17). The van der Waals surface area contributed by atoms with E-state index in [-0.39, 0.29) is 11.8 Å². The third-order valence-electron chi connectivity index (χ3n) is 3.30. The van der Waals surface area contributed by atoms with Crippen LogP contribution in [0.2, 0.25) is 0 Å². The van der Waals surface area contributed by atoms with E-state index < -0.39 is 0 Å². The molecule has 1 aromatic rings. The van der Waals surface area contributed by atoms with E-state index in [2.05, 4.69) is 12.3 Å². The summed E-state index contributed by atoms with van der Waals surface area (Å²) in [5.41, 5.74) is 4.13. The van der Waals surface area contributed by atoms with Crippen molar-refractivity contribution in [1.82, 2.24) is 10.4 Å². The molecule has 1 aliphatic heterocycles. The molecule has 1 unspecified atom stereocenters. The average Bonchev–Trinajstić information content (AvgIpc) is 2.84. The van der Waals surface area contributed by atoms with Crippen LogP contribution in [0.25, 0.3) is 0 Å². The van der Waals surface area contributed by atoms with Crippen LogP contribution >= 0.6 is 0 Å². The lowest BCUT2D eigenvalue weighted by Crippen LogP contribution is -2.42. The van der Waals surface area contributed by atoms with Crippen molar-refractivity contribution in [3.05, 3.63) is 35.9 Å². The first-order valence-electron chi connectivity index (χ1n) is 6.41. The highest BCUT2D eigenvalue weighted by Crippen LogP contribution is 2.19. The van der Waals surface area contributed by atoms with Gasteiger partial charge in [0.15, 0.2) is 0 Å². The third-order valence-corrected chi connectivity index (χ3v) is 3.30. The minimum Gasteiger partial charge on any atom is -0.288 e. The van der Waals surface area contributed by atoms with Crippen LogP contribution < -0.4 is 5.43 Å². The van der Waals surface area contributed by atoms with Gasteiger partial charge in [0.05, 0.1) is 5.92 Å². The van der Waals surface area contributed by atoms with Crippen LogP contribution in [-0.2, 0) is 4.79 Å². The number of hydrazine groups is 1. The van der Waals surface area contributed by atoms with Crippen molar-refractivity contribution in [3.63, 3.8) is 0 Å². The number of rotatable bonds is 4. The predicted octanol–water partition coefficient (Wildman–Crippen LogP) is 2.31. The van der Waals surface area contributed by atoms with Gasteiger partial charge < -0.3 is 0 Å². The molecule has 1 amide bonds. The van der Waals surface area contributed by atoms with Gasteiger partial charge in [0, 0.05) is 13.1 Å². The van der Waals surface area contributed by atoms with Gasteiger partial charge in [-0.2, -0.15) is 0 Å². The SMILES string of the molecule is CCC(C(=O)NN1CCCC1)c1ccccc1. The number of nitrogens with zero attached hydrogens (tertiary/aromatic N) is 1. The molecule has 1 aliphatic rings. The van der Waals surface area contributed by atoms with Crippen molar-refractivity contribution < 1.29 is 4.79 Å². The second-order valence-electron chi connectivity index (χ2n) is 4.54. The number of amides is 1. The molecule has 1 atom stereocenters. The number of hydrogen-bond donors (Lipinski definition) is 1. The van der Waals surface area contributed by atoms with Crippen LogP contribution in [0.4, 0.5) is 0 Å². The van der Waals surface area contributed by atoms with Crippen LogP contribution in [0.15, 0.2) is 30.3 Å². The third kappa shape index (κ3) is 3.07. The van der Waals surface area contributed by atoms with Crippen molar-refractivity contribution in [2.24, 2.45) is 0 Å². The molecule has 1 heterocycles. The largest absolute Gasteiger partial charge is 0.288 e. The number of hydrogen-bond acceptors (Lipinski definition) is 2. The highest BCUT2D eigenvalue weighted by molar-refractivity contribution is 5.83. The fourth-order valence-electron chi connectivity index (χ4n) is 2.32. The number of carbonyl (C=O) groups is 1. The van der Waals surface area contributed by atoms with Crippen molar-refractivity contribution >= 4 is 5.91 Å². The van der Waals surface area contributed by atoms with Crippen LogP contribution in [0, 0.1) is 0 Å². The van der Waals surface area contributed by atoms with Crippen LogP contribution in [-0.4, -0.2) is 24.0 Å². The molecule has 1 fully saturated rings. The zero-order valence-corrected chi connectivity index (χ0v) is 10.4. The summed E-state index contributed by atoms with van der Waals surface area (Å²) in [6, 6.07) is 10.0. The molecular weight excluding hydrogens is 212 g/mol. The van der Waals surface area contributed by atoms with Gasteiger partial charge in [0.25, 0.3) is 0 Å². The Balaban J connectivity index is 2.00. The molecule has 1 saturated heterocycles. The Bertz CT molecular complexity index is 358. The van der Waals surface area contributed by atoms with E-state index in [0.29, 0.717) is 0 Å². The molecule has 0 spiro atoms. The van der Waals surface area contributed by atoms with Crippen molar-refractivity contribution in [2.45, 2.75) is 32.1 Å². The molecule has 1 N–H and O–H groups in total. The average molecular weight is 232 g/mol. The lowest BCUT2D eigenvalue weighted by Gasteiger charge is -2.21. The first-order valence-corrected chi connectivity index (χ1v) is 6.41. The maximum absolute atomic E-state index is 12.2. The van der Waals surface area contributed by atoms with Gasteiger partial charge >= 0.3 is 0 Å². The predicted molar refractivity (Wildman–Crippen MR) is 68.4 cm³/mol. The number of benzene rings is 1. The number of carbonyl (C=O) groups excluding carboxylic acids is 1. The van der Waals surface area contributed by atoms with Gasteiger partial charge in [-0.15, -0.1) is 0 Å². The summed E-state index contributed by atoms with van der Waals surface area (Å²) in [5.74, 6) is 0.0948. The van der Waals surface area contributed by atoms with E-state index in [4.69, 9.17) is 0 Å². The van der Waals surface area contributed by atoms with Crippen molar-refractivity contribution in [1.29, 1.82) is 0 Å². The van der Waals surface area contributed by atoms with Crippen LogP contribution in [0.5, 0.6) is 0 Å². The minimum absolute atomic E-state index is 0.0307. The van der Waals surface area contributed by atoms with Crippen molar-refractivity contribution in [2.75, 3.05) is 13.1 Å². The van der Waals surface area contributed by atoms with Gasteiger partial charge in [-0.1, -0.05) is 37.3 Å². The maximum Gasteiger partial charge on any atom is 0.241 e. The van der Waals surface area contributed by atoms with E-state index in [0.717, 1.165) is 25.1 Å². The molecule has 3 nitrogen and oxygen atoms in total. The van der Waals surface area contributed by atoms with Crippen LogP contribution in [0.3, 0.4) is 0 Å². The monoisotopic (exact) mass is 232 g/mol. The van der Waals surface area contributed by atoms with E-state index in [1.807, 2.05) is 35.3 Å². The normalized spacial score (nSPS) is 17.9. The smallest absolute Gasteiger partial charge is 0.241 e. The molecule has 0 aliphatic carbocycles. The first-order chi connectivity index (χ1) is 8.31. The zero-order valence-electron chi connectivity index (χ0n) is 10.4. The summed E-state index contributed by atoms with van der Waals surface area (Å²) in [7, 11) is 0. The summed E-state index contributed by atoms with van der Waals surface area (Å²) >= 11 is 0. The quantitative estimate of drug-likeness (QED) is 0.864. The summed E-state index contributed by atoms with van der Waals surface area (Å²) in [4.78, 5) is 12.2. The van der Waals surface area contributed by atoms with E-state index in [1.54, 1.807) is 0 Å². The van der Waals surface area contributed by atoms with Crippen molar-refractivity contribution in [3.8, 4) is 0 Å². The van der Waals surface area contributed by atoms with Gasteiger partial charge in [-0.25, -0.2) is 5.01 Å². The molecule has 2 rings (SSSR count). The molecular formula is C14H20N2O. The Morgan fingerprint density at radius 2 is 1.94 bits per heavy atom. The first kappa shape index (κ1) is 12.1. The number of nitrogens with one attached hydrogen (secondary N) is 1. The van der Waals surface area contributed by atoms with Gasteiger partial charge in [0.2, 0.25) is 5.91 Å². The zero-order chi connectivity index (χ0) is 12.1. The van der Waals surface area contributed by atoms with Crippen LogP contribution in [0.1, 0.15) is 37.7 Å². The van der Waals surface area contributed by atoms with E-state index in [9.17, 15) is 4.79 Å². The summed E-state index contributed by atoms with van der Waals surface area (Å²) in [6.07, 6.45) is 3.20. The van der Waals surface area contributed by atoms with Gasteiger partial charge in [0.1, 0.15) is 0 Å². The van der Waals surface area contributed by atoms with Gasteiger partial charge in [-0.3, -0.25) is 10.2 Å². The Morgan fingerprint density at radius 1 is 1.29 bits per heavy atom. The minimum atomic E-state index is -0.0307. The van der Waals surface area contributed by atoms with E-state index in [1.165, 1.54) is 12.8 Å². The topological polar surface area (TPSA) is 32.3 Å². The molecule has 17 heavy (non-hydrogen) atoms. The summed E-state index contributed by atoms with van der Waals surface area (Å²) in [6.45, 7) is 4.02. The highest BCUT2D eigenvalue weighted by Gasteiger charge is 2.21. The fourth-order valence-corrected chi connectivity index (χ4v) is 2.32. The molecule has 92 valence electrons. The van der Waals surface area contributed by atoms with E-state index >= 15 is 0 Å². The molecule has 3 heteroatoms. The lowest BCUT2D eigenvalue weighted by molar-refractivity contribution is -0.127. The molecule has 0 aromatic heterocycles. The Kier molecular flexibility index (Phi) is 4.15. The van der Waals surface area contributed by atoms with Gasteiger partial charge in [-0.05, 0) is 24.8 Å². The Morgan fingerprint density at radius 3 is 2.53 bits per heavy atom. The Hall–Kier alpha value is -1.35. The maximum atomic E-state index is 12.2. The highest BCUT2D eigenvalue weighted by atomic mass is 16.2. The molecule has 0 radical (unpaired) electrons. The second-order valence-corrected chi connectivity index (χ2v) is 4.54. The molecule has 1 aromatic carbocycles. The molecule has 0 saturated carbocycles. The lowest BCUT2D eigenvalue weighted by atomic mass is 9.96. The summed E-state index contributed by atoms with van der Waals surface area (Å²) in [5, 5.41) is 2.04. The second kappa shape index (κ2) is 5.82. The Labute approximate surface area is 103 Å². The summed E-state index contributed by atoms with van der Waals surface area (Å²) < 4.78 is 0.